The zero-order valence-corrected chi connectivity index (χ0v) is 9.83. The van der Waals surface area contributed by atoms with Crippen molar-refractivity contribution in [1.29, 1.82) is 0 Å². The Labute approximate surface area is 101 Å². The fourth-order valence-corrected chi connectivity index (χ4v) is 1.88. The third-order valence-electron chi connectivity index (χ3n) is 2.00. The number of carbonyl (C=O) groups is 1. The lowest BCUT2D eigenvalue weighted by Crippen LogP contribution is -2.10. The number of Topliss-reactive ketones (excluding diaryl/α,β-unsaturated/α-hetero) is 1. The highest BCUT2D eigenvalue weighted by atomic mass is 35.5. The van der Waals surface area contributed by atoms with Gasteiger partial charge in [0.1, 0.15) is 5.38 Å². The molecule has 1 atom stereocenters. The van der Waals surface area contributed by atoms with E-state index in [1.165, 1.54) is 19.1 Å². The molecule has 0 amide bonds. The summed E-state index contributed by atoms with van der Waals surface area (Å²) in [6.07, 6.45) is -4.50. The molecule has 1 nitrogen and oxygen atoms in total. The second kappa shape index (κ2) is 4.67. The Morgan fingerprint density at radius 1 is 1.44 bits per heavy atom. The van der Waals surface area contributed by atoms with Crippen LogP contribution in [-0.2, 0) is 11.0 Å². The molecule has 88 valence electrons. The molecule has 0 bridgehead atoms. The van der Waals surface area contributed by atoms with Crippen LogP contribution in [0.25, 0.3) is 0 Å². The van der Waals surface area contributed by atoms with E-state index in [4.69, 9.17) is 11.6 Å². The molecule has 0 aromatic heterocycles. The van der Waals surface area contributed by atoms with Crippen molar-refractivity contribution in [3.63, 3.8) is 0 Å². The van der Waals surface area contributed by atoms with Crippen LogP contribution in [0, 0.1) is 0 Å². The maximum absolute atomic E-state index is 12.5. The van der Waals surface area contributed by atoms with Crippen LogP contribution in [0.15, 0.2) is 23.1 Å². The highest BCUT2D eigenvalue weighted by Gasteiger charge is 2.34. The lowest BCUT2D eigenvalue weighted by atomic mass is 10.1. The number of halogens is 4. The average molecular weight is 269 g/mol. The highest BCUT2D eigenvalue weighted by molar-refractivity contribution is 7.80. The normalized spacial score (nSPS) is 13.6. The number of benzene rings is 1. The standard InChI is InChI=1S/C10H8ClF3OS/c1-5(15)8(11)6-3-2-4-7(9(6)16)10(12,13)14/h2-4,8,16H,1H3. The maximum atomic E-state index is 12.5. The van der Waals surface area contributed by atoms with Gasteiger partial charge in [0.2, 0.25) is 0 Å². The molecule has 0 fully saturated rings. The topological polar surface area (TPSA) is 17.1 Å². The molecule has 0 N–H and O–H groups in total. The van der Waals surface area contributed by atoms with E-state index in [9.17, 15) is 18.0 Å². The molecule has 0 saturated carbocycles. The largest absolute Gasteiger partial charge is 0.417 e. The van der Waals surface area contributed by atoms with Crippen molar-refractivity contribution >= 4 is 30.0 Å². The predicted octanol–water partition coefficient (Wildman–Crippen LogP) is 3.86. The van der Waals surface area contributed by atoms with E-state index < -0.39 is 22.9 Å². The monoisotopic (exact) mass is 268 g/mol. The third-order valence-corrected chi connectivity index (χ3v) is 3.04. The maximum Gasteiger partial charge on any atom is 0.417 e. The first-order valence-electron chi connectivity index (χ1n) is 4.28. The highest BCUT2D eigenvalue weighted by Crippen LogP contribution is 2.38. The quantitative estimate of drug-likeness (QED) is 0.637. The number of carbonyl (C=O) groups excluding carboxylic acids is 1. The van der Waals surface area contributed by atoms with Gasteiger partial charge >= 0.3 is 6.18 Å². The number of thiol groups is 1. The fourth-order valence-electron chi connectivity index (χ4n) is 1.21. The van der Waals surface area contributed by atoms with E-state index in [1.807, 2.05) is 0 Å². The Kier molecular flexibility index (Phi) is 3.91. The molecule has 6 heteroatoms. The van der Waals surface area contributed by atoms with E-state index in [0.29, 0.717) is 0 Å². The van der Waals surface area contributed by atoms with Crippen molar-refractivity contribution in [2.24, 2.45) is 0 Å². The van der Waals surface area contributed by atoms with Crippen LogP contribution in [0.4, 0.5) is 13.2 Å². The second-order valence-electron chi connectivity index (χ2n) is 3.21. The second-order valence-corrected chi connectivity index (χ2v) is 4.10. The minimum absolute atomic E-state index is 0.0762. The summed E-state index contributed by atoms with van der Waals surface area (Å²) >= 11 is 9.48. The van der Waals surface area contributed by atoms with Gasteiger partial charge in [-0.15, -0.1) is 24.2 Å². The van der Waals surface area contributed by atoms with E-state index in [-0.39, 0.29) is 10.5 Å². The van der Waals surface area contributed by atoms with Gasteiger partial charge in [0.15, 0.2) is 5.78 Å². The molecule has 0 heterocycles. The van der Waals surface area contributed by atoms with Crippen molar-refractivity contribution in [3.8, 4) is 0 Å². The zero-order chi connectivity index (χ0) is 12.5. The molecular weight excluding hydrogens is 261 g/mol. The van der Waals surface area contributed by atoms with Gasteiger partial charge in [-0.25, -0.2) is 0 Å². The SMILES string of the molecule is CC(=O)C(Cl)c1cccc(C(F)(F)F)c1S. The molecule has 16 heavy (non-hydrogen) atoms. The van der Waals surface area contributed by atoms with E-state index in [2.05, 4.69) is 12.6 Å². The van der Waals surface area contributed by atoms with Crippen LogP contribution in [-0.4, -0.2) is 5.78 Å². The van der Waals surface area contributed by atoms with Crippen LogP contribution < -0.4 is 0 Å². The molecule has 0 spiro atoms. The Balaban J connectivity index is 3.30. The first-order chi connectivity index (χ1) is 7.25. The Hall–Kier alpha value is -0.680. The average Bonchev–Trinajstić information content (AvgIpc) is 2.15. The van der Waals surface area contributed by atoms with Crippen molar-refractivity contribution in [3.05, 3.63) is 29.3 Å². The molecule has 1 rings (SSSR count). The Morgan fingerprint density at radius 3 is 2.44 bits per heavy atom. The van der Waals surface area contributed by atoms with Gasteiger partial charge in [0, 0.05) is 4.90 Å². The summed E-state index contributed by atoms with van der Waals surface area (Å²) in [5.74, 6) is -0.420. The van der Waals surface area contributed by atoms with Gasteiger partial charge in [0.25, 0.3) is 0 Å². The summed E-state index contributed by atoms with van der Waals surface area (Å²) < 4.78 is 37.5. The van der Waals surface area contributed by atoms with Crippen molar-refractivity contribution < 1.29 is 18.0 Å². The summed E-state index contributed by atoms with van der Waals surface area (Å²) in [4.78, 5) is 10.7. The van der Waals surface area contributed by atoms with Gasteiger partial charge in [-0.05, 0) is 18.6 Å². The van der Waals surface area contributed by atoms with Crippen molar-refractivity contribution in [2.45, 2.75) is 23.4 Å². The Bertz CT molecular complexity index is 417. The molecule has 1 aromatic carbocycles. The Morgan fingerprint density at radius 2 is 2.00 bits per heavy atom. The minimum Gasteiger partial charge on any atom is -0.298 e. The predicted molar refractivity (Wildman–Crippen MR) is 58.0 cm³/mol. The smallest absolute Gasteiger partial charge is 0.298 e. The number of rotatable bonds is 2. The minimum atomic E-state index is -4.50. The van der Waals surface area contributed by atoms with Crippen molar-refractivity contribution in [2.75, 3.05) is 0 Å². The molecule has 0 saturated heterocycles. The number of hydrogen-bond donors (Lipinski definition) is 1. The van der Waals surface area contributed by atoms with Crippen LogP contribution in [0.1, 0.15) is 23.4 Å². The third kappa shape index (κ3) is 2.71. The molecule has 0 radical (unpaired) electrons. The first kappa shape index (κ1) is 13.4. The lowest BCUT2D eigenvalue weighted by Gasteiger charge is -2.14. The van der Waals surface area contributed by atoms with E-state index in [1.54, 1.807) is 0 Å². The molecule has 1 unspecified atom stereocenters. The fraction of sp³-hybridized carbons (Fsp3) is 0.300. The van der Waals surface area contributed by atoms with E-state index >= 15 is 0 Å². The number of alkyl halides is 4. The molecule has 1 aromatic rings. The zero-order valence-electron chi connectivity index (χ0n) is 8.18. The summed E-state index contributed by atoms with van der Waals surface area (Å²) in [5.41, 5.74) is -0.812. The van der Waals surface area contributed by atoms with Crippen LogP contribution in [0.3, 0.4) is 0 Å². The molecule has 0 aliphatic heterocycles. The summed E-state index contributed by atoms with van der Waals surface area (Å²) in [5, 5.41) is -1.10. The van der Waals surface area contributed by atoms with Gasteiger partial charge in [-0.2, -0.15) is 13.2 Å². The van der Waals surface area contributed by atoms with E-state index in [0.717, 1.165) is 6.07 Å². The van der Waals surface area contributed by atoms with Crippen molar-refractivity contribution in [1.82, 2.24) is 0 Å². The summed E-state index contributed by atoms with van der Waals surface area (Å²) in [7, 11) is 0. The first-order valence-corrected chi connectivity index (χ1v) is 5.17. The summed E-state index contributed by atoms with van der Waals surface area (Å²) in [6.45, 7) is 1.21. The number of ketones is 1. The van der Waals surface area contributed by atoms with Gasteiger partial charge in [-0.1, -0.05) is 12.1 Å². The van der Waals surface area contributed by atoms with Crippen LogP contribution >= 0.6 is 24.2 Å². The lowest BCUT2D eigenvalue weighted by molar-refractivity contribution is -0.139. The van der Waals surface area contributed by atoms with Gasteiger partial charge in [-0.3, -0.25) is 4.79 Å². The van der Waals surface area contributed by atoms with Gasteiger partial charge < -0.3 is 0 Å². The van der Waals surface area contributed by atoms with Gasteiger partial charge in [0.05, 0.1) is 5.56 Å². The molecule has 0 aliphatic carbocycles. The summed E-state index contributed by atoms with van der Waals surface area (Å²) in [6, 6.07) is 3.46. The number of hydrogen-bond acceptors (Lipinski definition) is 2. The molecular formula is C10H8ClF3OS. The molecule has 0 aliphatic rings. The van der Waals surface area contributed by atoms with Crippen LogP contribution in [0.2, 0.25) is 0 Å². The van der Waals surface area contributed by atoms with Crippen LogP contribution in [0.5, 0.6) is 0 Å².